The maximum atomic E-state index is 13.4. The number of hydrogen-bond acceptors (Lipinski definition) is 6. The number of aliphatic hydroxyl groups excluding tert-OH is 1. The molecule has 2 heterocycles. The number of carbonyl (C=O) groups excluding carboxylic acids is 1. The fourth-order valence-corrected chi connectivity index (χ4v) is 5.18. The molecule has 0 saturated carbocycles. The number of fused-ring (bicyclic) bond motifs is 1. The number of nitrogens with zero attached hydrogens (tertiary/aromatic N) is 2. The van der Waals surface area contributed by atoms with Crippen LogP contribution >= 0.6 is 0 Å². The first kappa shape index (κ1) is 26.9. The second-order valence-corrected chi connectivity index (χ2v) is 10.6. The lowest BCUT2D eigenvalue weighted by Crippen LogP contribution is -2.47. The summed E-state index contributed by atoms with van der Waals surface area (Å²) in [7, 11) is 3.37. The summed E-state index contributed by atoms with van der Waals surface area (Å²) in [5.74, 6) is 1.84. The maximum Gasteiger partial charge on any atom is 0.223 e. The summed E-state index contributed by atoms with van der Waals surface area (Å²) < 4.78 is 16.8. The predicted octanol–water partition coefficient (Wildman–Crippen LogP) is 3.20. The van der Waals surface area contributed by atoms with Crippen LogP contribution in [0.3, 0.4) is 0 Å². The van der Waals surface area contributed by atoms with Crippen LogP contribution in [0.2, 0.25) is 0 Å². The van der Waals surface area contributed by atoms with Crippen molar-refractivity contribution in [3.8, 4) is 5.75 Å². The first-order valence-electron chi connectivity index (χ1n) is 12.7. The minimum atomic E-state index is -0.646. The Hall–Kier alpha value is -1.67. The number of benzene rings is 1. The molecule has 0 aromatic heterocycles. The Bertz CT molecular complexity index is 771. The molecule has 3 rings (SSSR count). The van der Waals surface area contributed by atoms with Gasteiger partial charge in [-0.2, -0.15) is 0 Å². The summed E-state index contributed by atoms with van der Waals surface area (Å²) in [6, 6.07) is 8.21. The fourth-order valence-electron chi connectivity index (χ4n) is 5.18. The van der Waals surface area contributed by atoms with Crippen LogP contribution in [-0.4, -0.2) is 87.1 Å². The molecule has 2 aliphatic heterocycles. The van der Waals surface area contributed by atoms with Crippen LogP contribution in [0.4, 0.5) is 0 Å². The van der Waals surface area contributed by atoms with E-state index >= 15 is 0 Å². The van der Waals surface area contributed by atoms with E-state index in [-0.39, 0.29) is 5.91 Å². The van der Waals surface area contributed by atoms with Crippen LogP contribution in [0.5, 0.6) is 5.75 Å². The third-order valence-electron chi connectivity index (χ3n) is 7.55. The number of likely N-dealkylation sites (tertiary alicyclic amines) is 1. The van der Waals surface area contributed by atoms with Gasteiger partial charge in [0.2, 0.25) is 5.91 Å². The van der Waals surface area contributed by atoms with Crippen molar-refractivity contribution in [2.45, 2.75) is 52.2 Å². The van der Waals surface area contributed by atoms with Gasteiger partial charge >= 0.3 is 0 Å². The van der Waals surface area contributed by atoms with Crippen molar-refractivity contribution in [1.82, 2.24) is 9.80 Å². The Morgan fingerprint density at radius 1 is 1.15 bits per heavy atom. The smallest absolute Gasteiger partial charge is 0.223 e. The van der Waals surface area contributed by atoms with E-state index in [9.17, 15) is 9.90 Å². The maximum absolute atomic E-state index is 13.4. The molecule has 2 aliphatic rings. The van der Waals surface area contributed by atoms with E-state index in [1.807, 2.05) is 26.0 Å². The van der Waals surface area contributed by atoms with Crippen LogP contribution in [0, 0.1) is 17.3 Å². The Labute approximate surface area is 205 Å². The van der Waals surface area contributed by atoms with Crippen LogP contribution in [0.1, 0.15) is 45.1 Å². The third-order valence-corrected chi connectivity index (χ3v) is 7.55. The highest BCUT2D eigenvalue weighted by atomic mass is 16.5. The number of amides is 1. The number of aliphatic hydroxyl groups is 1. The molecule has 0 unspecified atom stereocenters. The molecule has 0 aliphatic carbocycles. The van der Waals surface area contributed by atoms with Gasteiger partial charge in [0.05, 0.1) is 26.4 Å². The zero-order valence-electron chi connectivity index (χ0n) is 21.5. The Kier molecular flexibility index (Phi) is 10.2. The van der Waals surface area contributed by atoms with Crippen LogP contribution < -0.4 is 4.74 Å². The lowest BCUT2D eigenvalue weighted by atomic mass is 9.80. The Morgan fingerprint density at radius 2 is 1.94 bits per heavy atom. The highest BCUT2D eigenvalue weighted by Gasteiger charge is 2.35. The zero-order chi connectivity index (χ0) is 24.6. The number of carbonyl (C=O) groups is 1. The number of para-hydroxylation sites is 1. The molecule has 2 saturated heterocycles. The summed E-state index contributed by atoms with van der Waals surface area (Å²) in [6.45, 7) is 9.27. The van der Waals surface area contributed by atoms with Crippen molar-refractivity contribution < 1.29 is 24.1 Å². The normalized spacial score (nSPS) is 27.3. The van der Waals surface area contributed by atoms with E-state index in [1.165, 1.54) is 5.56 Å². The number of rotatable bonds is 6. The highest BCUT2D eigenvalue weighted by Crippen LogP contribution is 2.33. The van der Waals surface area contributed by atoms with Crippen LogP contribution in [-0.2, 0) is 20.8 Å². The van der Waals surface area contributed by atoms with Crippen molar-refractivity contribution >= 4 is 5.91 Å². The quantitative estimate of drug-likeness (QED) is 0.680. The van der Waals surface area contributed by atoms with Gasteiger partial charge in [-0.25, -0.2) is 0 Å². The van der Waals surface area contributed by atoms with E-state index in [4.69, 9.17) is 14.2 Å². The molecule has 34 heavy (non-hydrogen) atoms. The zero-order valence-corrected chi connectivity index (χ0v) is 21.5. The summed E-state index contributed by atoms with van der Waals surface area (Å²) in [5.41, 5.74) is 0.785. The third kappa shape index (κ3) is 7.41. The molecule has 0 spiro atoms. The number of piperidine rings is 1. The lowest BCUT2D eigenvalue weighted by molar-refractivity contribution is -0.137. The van der Waals surface area contributed by atoms with Crippen molar-refractivity contribution in [3.63, 3.8) is 0 Å². The largest absolute Gasteiger partial charge is 0.496 e. The molecule has 7 heteroatoms. The van der Waals surface area contributed by atoms with Crippen molar-refractivity contribution in [1.29, 1.82) is 0 Å². The van der Waals surface area contributed by atoms with E-state index in [0.29, 0.717) is 51.2 Å². The van der Waals surface area contributed by atoms with Gasteiger partial charge in [-0.15, -0.1) is 0 Å². The minimum absolute atomic E-state index is 0.125. The average Bonchev–Trinajstić information content (AvgIpc) is 2.83. The fraction of sp³-hybridized carbons (Fsp3) is 0.741. The first-order valence-corrected chi connectivity index (χ1v) is 12.7. The van der Waals surface area contributed by atoms with Gasteiger partial charge < -0.3 is 24.2 Å². The topological polar surface area (TPSA) is 71.5 Å². The molecule has 1 aromatic rings. The molecule has 2 fully saturated rings. The van der Waals surface area contributed by atoms with Crippen molar-refractivity contribution in [2.75, 3.05) is 60.2 Å². The number of ether oxygens (including phenoxy) is 3. The minimum Gasteiger partial charge on any atom is -0.496 e. The van der Waals surface area contributed by atoms with Crippen molar-refractivity contribution in [3.05, 3.63) is 29.8 Å². The van der Waals surface area contributed by atoms with Gasteiger partial charge in [-0.1, -0.05) is 32.0 Å². The van der Waals surface area contributed by atoms with Gasteiger partial charge in [0.15, 0.2) is 0 Å². The van der Waals surface area contributed by atoms with E-state index in [0.717, 1.165) is 44.6 Å². The number of hydrogen-bond donors (Lipinski definition) is 1. The second-order valence-electron chi connectivity index (χ2n) is 10.6. The molecule has 0 bridgehead atoms. The molecular formula is C27H44N2O5. The monoisotopic (exact) mass is 476 g/mol. The number of methoxy groups -OCH3 is 2. The molecular weight excluding hydrogens is 432 g/mol. The summed E-state index contributed by atoms with van der Waals surface area (Å²) in [5, 5.41) is 10.9. The first-order chi connectivity index (χ1) is 16.3. The summed E-state index contributed by atoms with van der Waals surface area (Å²) in [4.78, 5) is 17.7. The standard InChI is InChI=1S/C27H44N2O5/c1-27(2)20-34-14-7-9-22-17-28(18-23-8-5-6-10-24(23)33-4)12-11-21(22)16-26(31)29(13-15-32-3)19-25(27)30/h5-6,8,10,21-22,25,30H,7,9,11-20H2,1-4H3/t21-,22-,25-/m0/s1. The molecule has 1 aromatic carbocycles. The van der Waals surface area contributed by atoms with E-state index in [2.05, 4.69) is 17.0 Å². The van der Waals surface area contributed by atoms with Gasteiger partial charge in [-0.05, 0) is 43.7 Å². The van der Waals surface area contributed by atoms with Gasteiger partial charge in [-0.3, -0.25) is 9.69 Å². The molecule has 3 atom stereocenters. The lowest BCUT2D eigenvalue weighted by Gasteiger charge is -2.39. The van der Waals surface area contributed by atoms with Crippen LogP contribution in [0.25, 0.3) is 0 Å². The molecule has 192 valence electrons. The van der Waals surface area contributed by atoms with Gasteiger partial charge in [0, 0.05) is 57.3 Å². The Balaban J connectivity index is 1.72. The second kappa shape index (κ2) is 12.9. The summed E-state index contributed by atoms with van der Waals surface area (Å²) >= 11 is 0. The predicted molar refractivity (Wildman–Crippen MR) is 133 cm³/mol. The molecule has 1 amide bonds. The molecule has 0 radical (unpaired) electrons. The van der Waals surface area contributed by atoms with Gasteiger partial charge in [0.1, 0.15) is 5.75 Å². The van der Waals surface area contributed by atoms with E-state index < -0.39 is 11.5 Å². The van der Waals surface area contributed by atoms with Gasteiger partial charge in [0.25, 0.3) is 0 Å². The SMILES string of the molecule is COCCN1C[C@H](O)C(C)(C)COCCC[C@H]2CN(Cc3ccccc3OC)CC[C@H]2CC1=O. The summed E-state index contributed by atoms with van der Waals surface area (Å²) in [6.07, 6.45) is 2.90. The molecule has 7 nitrogen and oxygen atoms in total. The van der Waals surface area contributed by atoms with Crippen LogP contribution in [0.15, 0.2) is 24.3 Å². The average molecular weight is 477 g/mol. The Morgan fingerprint density at radius 3 is 2.71 bits per heavy atom. The highest BCUT2D eigenvalue weighted by molar-refractivity contribution is 5.76. The van der Waals surface area contributed by atoms with E-state index in [1.54, 1.807) is 19.1 Å². The number of β-amino-alcohol motifs (C(OH)–C–C–N with tert-alkyl or cyclic N) is 1. The van der Waals surface area contributed by atoms with Crippen molar-refractivity contribution in [2.24, 2.45) is 17.3 Å². The molecule has 1 N–H and O–H groups in total.